The van der Waals surface area contributed by atoms with Gasteiger partial charge in [-0.15, -0.1) is 0 Å². The molecule has 0 aliphatic carbocycles. The number of ether oxygens (including phenoxy) is 3. The second-order valence-electron chi connectivity index (χ2n) is 5.03. The fraction of sp³-hybridized carbons (Fsp3) is 0.235. The zero-order valence-corrected chi connectivity index (χ0v) is 13.7. The highest BCUT2D eigenvalue weighted by Gasteiger charge is 2.19. The molecule has 2 aromatic carbocycles. The molecule has 0 saturated heterocycles. The van der Waals surface area contributed by atoms with Crippen molar-refractivity contribution in [3.8, 4) is 17.2 Å². The maximum atomic E-state index is 13.6. The minimum atomic E-state index is -0.663. The van der Waals surface area contributed by atoms with E-state index in [1.807, 2.05) is 0 Å². The lowest BCUT2D eigenvalue weighted by atomic mass is 10.1. The van der Waals surface area contributed by atoms with Gasteiger partial charge in [-0.25, -0.2) is 4.39 Å². The van der Waals surface area contributed by atoms with Crippen molar-refractivity contribution in [1.82, 2.24) is 0 Å². The molecule has 0 radical (unpaired) electrons. The zero-order chi connectivity index (χ0) is 18.4. The van der Waals surface area contributed by atoms with Crippen molar-refractivity contribution < 1.29 is 28.3 Å². The van der Waals surface area contributed by atoms with Crippen molar-refractivity contribution in [3.63, 3.8) is 0 Å². The monoisotopic (exact) mass is 349 g/mol. The van der Waals surface area contributed by atoms with E-state index in [-0.39, 0.29) is 35.8 Å². The Balaban J connectivity index is 2.03. The Kier molecular flexibility index (Phi) is 5.89. The van der Waals surface area contributed by atoms with Crippen LogP contribution in [0.15, 0.2) is 36.4 Å². The standard InChI is InChI=1S/C17H16FNO6/c1-23-12-5-7-16(14(10-12)19(21)22)25-17(20)8-4-11-3-6-15(24-2)13(18)9-11/h3,5-7,9-10H,4,8H2,1-2H3. The van der Waals surface area contributed by atoms with Crippen molar-refractivity contribution in [1.29, 1.82) is 0 Å². The van der Waals surface area contributed by atoms with E-state index in [0.717, 1.165) is 0 Å². The van der Waals surface area contributed by atoms with Gasteiger partial charge in [-0.05, 0) is 36.2 Å². The molecule has 0 atom stereocenters. The summed E-state index contributed by atoms with van der Waals surface area (Å²) in [6.45, 7) is 0. The summed E-state index contributed by atoms with van der Waals surface area (Å²) in [6, 6.07) is 8.27. The van der Waals surface area contributed by atoms with Crippen LogP contribution in [-0.4, -0.2) is 25.1 Å². The molecule has 0 aliphatic heterocycles. The molecule has 25 heavy (non-hydrogen) atoms. The fourth-order valence-electron chi connectivity index (χ4n) is 2.14. The Labute approximate surface area is 143 Å². The first-order valence-electron chi connectivity index (χ1n) is 7.30. The molecule has 8 heteroatoms. The van der Waals surface area contributed by atoms with Crippen LogP contribution >= 0.6 is 0 Å². The normalized spacial score (nSPS) is 10.2. The van der Waals surface area contributed by atoms with Gasteiger partial charge in [0.05, 0.1) is 25.2 Å². The molecule has 0 aromatic heterocycles. The summed E-state index contributed by atoms with van der Waals surface area (Å²) in [6.07, 6.45) is 0.165. The fourth-order valence-corrected chi connectivity index (χ4v) is 2.14. The third-order valence-corrected chi connectivity index (χ3v) is 3.42. The van der Waals surface area contributed by atoms with Crippen molar-refractivity contribution in [2.24, 2.45) is 0 Å². The molecule has 2 aromatic rings. The van der Waals surface area contributed by atoms with Crippen LogP contribution in [0.3, 0.4) is 0 Å². The number of hydrogen-bond donors (Lipinski definition) is 0. The number of esters is 1. The molecule has 0 spiro atoms. The van der Waals surface area contributed by atoms with Crippen LogP contribution in [0, 0.1) is 15.9 Å². The predicted octanol–water partition coefficient (Wildman–Crippen LogP) is 3.29. The molecule has 132 valence electrons. The van der Waals surface area contributed by atoms with Crippen molar-refractivity contribution in [2.45, 2.75) is 12.8 Å². The lowest BCUT2D eigenvalue weighted by molar-refractivity contribution is -0.385. The predicted molar refractivity (Wildman–Crippen MR) is 86.6 cm³/mol. The molecule has 0 amide bonds. The molecular weight excluding hydrogens is 333 g/mol. The highest BCUT2D eigenvalue weighted by Crippen LogP contribution is 2.31. The number of carbonyl (C=O) groups excluding carboxylic acids is 1. The van der Waals surface area contributed by atoms with Gasteiger partial charge in [-0.3, -0.25) is 14.9 Å². The summed E-state index contributed by atoms with van der Waals surface area (Å²) in [4.78, 5) is 22.3. The Hall–Kier alpha value is -3.16. The van der Waals surface area contributed by atoms with Gasteiger partial charge >= 0.3 is 11.7 Å². The second-order valence-corrected chi connectivity index (χ2v) is 5.03. The number of nitro benzene ring substituents is 1. The number of rotatable bonds is 7. The summed E-state index contributed by atoms with van der Waals surface area (Å²) in [5, 5.41) is 11.1. The maximum absolute atomic E-state index is 13.6. The van der Waals surface area contributed by atoms with Crippen LogP contribution in [-0.2, 0) is 11.2 Å². The largest absolute Gasteiger partial charge is 0.496 e. The van der Waals surface area contributed by atoms with Gasteiger partial charge in [0.1, 0.15) is 5.75 Å². The van der Waals surface area contributed by atoms with Crippen LogP contribution in [0.25, 0.3) is 0 Å². The first-order valence-corrected chi connectivity index (χ1v) is 7.30. The topological polar surface area (TPSA) is 87.9 Å². The third kappa shape index (κ3) is 4.66. The minimum absolute atomic E-state index is 0.0606. The van der Waals surface area contributed by atoms with Gasteiger partial charge in [0.2, 0.25) is 5.75 Å². The van der Waals surface area contributed by atoms with E-state index in [1.54, 1.807) is 6.07 Å². The van der Waals surface area contributed by atoms with Gasteiger partial charge in [0, 0.05) is 6.42 Å². The number of carbonyl (C=O) groups is 1. The smallest absolute Gasteiger partial charge is 0.315 e. The van der Waals surface area contributed by atoms with E-state index in [9.17, 15) is 19.3 Å². The SMILES string of the molecule is COc1ccc(OC(=O)CCc2ccc(OC)c(F)c2)c([N+](=O)[O-])c1. The number of methoxy groups -OCH3 is 2. The molecule has 0 aliphatic rings. The lowest BCUT2D eigenvalue weighted by Crippen LogP contribution is -2.10. The molecule has 0 N–H and O–H groups in total. The Morgan fingerprint density at radius 3 is 2.44 bits per heavy atom. The van der Waals surface area contributed by atoms with Crippen LogP contribution < -0.4 is 14.2 Å². The van der Waals surface area contributed by atoms with Gasteiger partial charge in [-0.2, -0.15) is 0 Å². The number of hydrogen-bond acceptors (Lipinski definition) is 6. The molecule has 0 saturated carbocycles. The third-order valence-electron chi connectivity index (χ3n) is 3.42. The zero-order valence-electron chi connectivity index (χ0n) is 13.7. The maximum Gasteiger partial charge on any atom is 0.315 e. The molecule has 0 unspecified atom stereocenters. The Morgan fingerprint density at radius 1 is 1.12 bits per heavy atom. The van der Waals surface area contributed by atoms with Crippen molar-refractivity contribution in [3.05, 3.63) is 57.9 Å². The van der Waals surface area contributed by atoms with Gasteiger partial charge in [-0.1, -0.05) is 6.07 Å². The summed E-state index contributed by atoms with van der Waals surface area (Å²) >= 11 is 0. The first kappa shape index (κ1) is 18.2. The number of nitro groups is 1. The Bertz CT molecular complexity index is 793. The number of aryl methyl sites for hydroxylation is 1. The lowest BCUT2D eigenvalue weighted by Gasteiger charge is -2.07. The number of halogens is 1. The average molecular weight is 349 g/mol. The molecule has 0 fully saturated rings. The van der Waals surface area contributed by atoms with Crippen LogP contribution in [0.1, 0.15) is 12.0 Å². The Morgan fingerprint density at radius 2 is 1.84 bits per heavy atom. The summed E-state index contributed by atoms with van der Waals surface area (Å²) in [7, 11) is 2.73. The summed E-state index contributed by atoms with van der Waals surface area (Å²) in [5.41, 5.74) is 0.211. The van der Waals surface area contributed by atoms with E-state index < -0.39 is 16.7 Å². The van der Waals surface area contributed by atoms with Crippen molar-refractivity contribution >= 4 is 11.7 Å². The van der Waals surface area contributed by atoms with Gasteiger partial charge < -0.3 is 14.2 Å². The number of benzene rings is 2. The molecule has 7 nitrogen and oxygen atoms in total. The number of nitrogens with zero attached hydrogens (tertiary/aromatic N) is 1. The minimum Gasteiger partial charge on any atom is -0.496 e. The van der Waals surface area contributed by atoms with E-state index in [2.05, 4.69) is 0 Å². The highest BCUT2D eigenvalue weighted by atomic mass is 19.1. The first-order chi connectivity index (χ1) is 11.9. The average Bonchev–Trinajstić information content (AvgIpc) is 2.60. The molecule has 0 bridgehead atoms. The summed E-state index contributed by atoms with van der Waals surface area (Å²) < 4.78 is 28.4. The highest BCUT2D eigenvalue weighted by molar-refractivity contribution is 5.74. The van der Waals surface area contributed by atoms with Gasteiger partial charge in [0.25, 0.3) is 0 Å². The van der Waals surface area contributed by atoms with Gasteiger partial charge in [0.15, 0.2) is 11.6 Å². The second kappa shape index (κ2) is 8.09. The quantitative estimate of drug-likeness (QED) is 0.330. The van der Waals surface area contributed by atoms with Crippen LogP contribution in [0.4, 0.5) is 10.1 Å². The molecular formula is C17H16FNO6. The van der Waals surface area contributed by atoms with E-state index >= 15 is 0 Å². The molecule has 2 rings (SSSR count). The summed E-state index contributed by atoms with van der Waals surface area (Å²) in [5.74, 6) is -0.972. The van der Waals surface area contributed by atoms with E-state index in [1.165, 1.54) is 44.6 Å². The van der Waals surface area contributed by atoms with E-state index in [0.29, 0.717) is 5.56 Å². The van der Waals surface area contributed by atoms with Crippen molar-refractivity contribution in [2.75, 3.05) is 14.2 Å². The van der Waals surface area contributed by atoms with Crippen LogP contribution in [0.5, 0.6) is 17.2 Å². The molecule has 0 heterocycles. The van der Waals surface area contributed by atoms with E-state index in [4.69, 9.17) is 14.2 Å². The van der Waals surface area contributed by atoms with Crippen LogP contribution in [0.2, 0.25) is 0 Å².